The topological polar surface area (TPSA) is 21.3 Å². The SMILES string of the molecule is CCCCCC(C)NCCOc1ccccc1C(F)(F)F. The summed E-state index contributed by atoms with van der Waals surface area (Å²) < 4.78 is 43.5. The van der Waals surface area contributed by atoms with Crippen LogP contribution in [0.25, 0.3) is 0 Å². The summed E-state index contributed by atoms with van der Waals surface area (Å²) in [4.78, 5) is 0. The van der Waals surface area contributed by atoms with Gasteiger partial charge in [0, 0.05) is 12.6 Å². The molecule has 1 atom stereocenters. The predicted octanol–water partition coefficient (Wildman–Crippen LogP) is 4.64. The molecule has 0 heterocycles. The van der Waals surface area contributed by atoms with Gasteiger partial charge in [-0.2, -0.15) is 13.2 Å². The summed E-state index contributed by atoms with van der Waals surface area (Å²) in [6.45, 7) is 5.01. The zero-order chi connectivity index (χ0) is 15.7. The van der Waals surface area contributed by atoms with Crippen LogP contribution in [0.4, 0.5) is 13.2 Å². The zero-order valence-electron chi connectivity index (χ0n) is 12.7. The number of ether oxygens (including phenoxy) is 1. The van der Waals surface area contributed by atoms with Crippen molar-refractivity contribution in [2.24, 2.45) is 0 Å². The van der Waals surface area contributed by atoms with Crippen LogP contribution in [0.3, 0.4) is 0 Å². The zero-order valence-corrected chi connectivity index (χ0v) is 12.7. The van der Waals surface area contributed by atoms with Gasteiger partial charge < -0.3 is 10.1 Å². The van der Waals surface area contributed by atoms with Gasteiger partial charge in [0.2, 0.25) is 0 Å². The van der Waals surface area contributed by atoms with Crippen LogP contribution in [-0.2, 0) is 6.18 Å². The Morgan fingerprint density at radius 2 is 1.90 bits per heavy atom. The lowest BCUT2D eigenvalue weighted by Crippen LogP contribution is -2.30. The number of hydrogen-bond acceptors (Lipinski definition) is 2. The average molecular weight is 303 g/mol. The maximum Gasteiger partial charge on any atom is 0.419 e. The minimum atomic E-state index is -4.38. The molecule has 0 saturated heterocycles. The molecule has 1 unspecified atom stereocenters. The summed E-state index contributed by atoms with van der Waals surface area (Å²) in [5.74, 6) is -0.106. The van der Waals surface area contributed by atoms with Crippen molar-refractivity contribution in [1.29, 1.82) is 0 Å². The molecule has 5 heteroatoms. The van der Waals surface area contributed by atoms with Crippen LogP contribution >= 0.6 is 0 Å². The van der Waals surface area contributed by atoms with Gasteiger partial charge in [0.25, 0.3) is 0 Å². The van der Waals surface area contributed by atoms with Gasteiger partial charge in [-0.15, -0.1) is 0 Å². The van der Waals surface area contributed by atoms with Gasteiger partial charge in [0.1, 0.15) is 12.4 Å². The minimum absolute atomic E-state index is 0.106. The van der Waals surface area contributed by atoms with E-state index in [1.165, 1.54) is 31.4 Å². The summed E-state index contributed by atoms with van der Waals surface area (Å²) in [6, 6.07) is 5.66. The van der Waals surface area contributed by atoms with Crippen LogP contribution in [0.1, 0.15) is 45.1 Å². The molecule has 1 N–H and O–H groups in total. The van der Waals surface area contributed by atoms with Gasteiger partial charge in [-0.05, 0) is 25.5 Å². The Bertz CT molecular complexity index is 407. The first kappa shape index (κ1) is 17.8. The Hall–Kier alpha value is -1.23. The van der Waals surface area contributed by atoms with Gasteiger partial charge in [-0.25, -0.2) is 0 Å². The highest BCUT2D eigenvalue weighted by atomic mass is 19.4. The van der Waals surface area contributed by atoms with Gasteiger partial charge in [0.05, 0.1) is 5.56 Å². The number of nitrogens with one attached hydrogen (secondary N) is 1. The fourth-order valence-electron chi connectivity index (χ4n) is 2.10. The van der Waals surface area contributed by atoms with Gasteiger partial charge in [-0.3, -0.25) is 0 Å². The van der Waals surface area contributed by atoms with Crippen molar-refractivity contribution in [1.82, 2.24) is 5.32 Å². The minimum Gasteiger partial charge on any atom is -0.492 e. The molecule has 0 fully saturated rings. The highest BCUT2D eigenvalue weighted by molar-refractivity contribution is 5.35. The molecular formula is C16H24F3NO. The Morgan fingerprint density at radius 3 is 2.57 bits per heavy atom. The molecule has 0 aliphatic rings. The average Bonchev–Trinajstić information content (AvgIpc) is 2.43. The molecule has 0 radical (unpaired) electrons. The second-order valence-corrected chi connectivity index (χ2v) is 5.19. The third-order valence-electron chi connectivity index (χ3n) is 3.29. The normalized spacial score (nSPS) is 13.2. The second kappa shape index (κ2) is 8.93. The third kappa shape index (κ3) is 6.85. The summed E-state index contributed by atoms with van der Waals surface area (Å²) in [5, 5.41) is 3.26. The van der Waals surface area contributed by atoms with E-state index in [9.17, 15) is 13.2 Å². The van der Waals surface area contributed by atoms with Crippen LogP contribution in [0.2, 0.25) is 0 Å². The van der Waals surface area contributed by atoms with E-state index in [2.05, 4.69) is 19.2 Å². The lowest BCUT2D eigenvalue weighted by molar-refractivity contribution is -0.138. The number of benzene rings is 1. The van der Waals surface area contributed by atoms with Crippen molar-refractivity contribution in [2.75, 3.05) is 13.2 Å². The fourth-order valence-corrected chi connectivity index (χ4v) is 2.10. The molecule has 0 saturated carbocycles. The first-order valence-electron chi connectivity index (χ1n) is 7.47. The molecule has 0 bridgehead atoms. The van der Waals surface area contributed by atoms with Crippen LogP contribution < -0.4 is 10.1 Å². The van der Waals surface area contributed by atoms with Gasteiger partial charge in [-0.1, -0.05) is 38.3 Å². The van der Waals surface area contributed by atoms with Crippen LogP contribution in [-0.4, -0.2) is 19.2 Å². The molecule has 21 heavy (non-hydrogen) atoms. The van der Waals surface area contributed by atoms with Crippen LogP contribution in [0.5, 0.6) is 5.75 Å². The number of para-hydroxylation sites is 1. The van der Waals surface area contributed by atoms with E-state index in [1.54, 1.807) is 6.07 Å². The molecule has 120 valence electrons. The predicted molar refractivity (Wildman–Crippen MR) is 78.5 cm³/mol. The third-order valence-corrected chi connectivity index (χ3v) is 3.29. The molecule has 0 aromatic heterocycles. The summed E-state index contributed by atoms with van der Waals surface area (Å²) in [6.07, 6.45) is 0.262. The van der Waals surface area contributed by atoms with Crippen molar-refractivity contribution in [3.63, 3.8) is 0 Å². The number of alkyl halides is 3. The van der Waals surface area contributed by atoms with E-state index < -0.39 is 11.7 Å². The Kier molecular flexibility index (Phi) is 7.57. The Labute approximate surface area is 124 Å². The van der Waals surface area contributed by atoms with E-state index in [-0.39, 0.29) is 12.4 Å². The van der Waals surface area contributed by atoms with Crippen molar-refractivity contribution < 1.29 is 17.9 Å². The monoisotopic (exact) mass is 303 g/mol. The van der Waals surface area contributed by atoms with E-state index in [0.717, 1.165) is 12.5 Å². The highest BCUT2D eigenvalue weighted by Gasteiger charge is 2.33. The van der Waals surface area contributed by atoms with Gasteiger partial charge >= 0.3 is 6.18 Å². The fraction of sp³-hybridized carbons (Fsp3) is 0.625. The molecule has 1 aromatic rings. The Morgan fingerprint density at radius 1 is 1.19 bits per heavy atom. The van der Waals surface area contributed by atoms with Gasteiger partial charge in [0.15, 0.2) is 0 Å². The standard InChI is InChI=1S/C16H24F3NO/c1-3-4-5-8-13(2)20-11-12-21-15-10-7-6-9-14(15)16(17,18)19/h6-7,9-10,13,20H,3-5,8,11-12H2,1-2H3. The number of hydrogen-bond donors (Lipinski definition) is 1. The molecule has 2 nitrogen and oxygen atoms in total. The molecule has 0 spiro atoms. The first-order valence-corrected chi connectivity index (χ1v) is 7.47. The number of rotatable bonds is 9. The van der Waals surface area contributed by atoms with Crippen molar-refractivity contribution in [2.45, 2.75) is 51.7 Å². The Balaban J connectivity index is 2.33. The molecule has 1 rings (SSSR count). The molecular weight excluding hydrogens is 279 g/mol. The van der Waals surface area contributed by atoms with Crippen molar-refractivity contribution in [3.05, 3.63) is 29.8 Å². The number of unbranched alkanes of at least 4 members (excludes halogenated alkanes) is 2. The van der Waals surface area contributed by atoms with E-state index in [0.29, 0.717) is 12.6 Å². The smallest absolute Gasteiger partial charge is 0.419 e. The quantitative estimate of drug-likeness (QED) is 0.671. The maximum absolute atomic E-state index is 12.8. The molecule has 0 aliphatic heterocycles. The first-order chi connectivity index (χ1) is 9.95. The maximum atomic E-state index is 12.8. The van der Waals surface area contributed by atoms with E-state index in [1.807, 2.05) is 0 Å². The number of halogens is 3. The molecule has 0 amide bonds. The van der Waals surface area contributed by atoms with Crippen molar-refractivity contribution >= 4 is 0 Å². The summed E-state index contributed by atoms with van der Waals surface area (Å²) in [5.41, 5.74) is -0.721. The highest BCUT2D eigenvalue weighted by Crippen LogP contribution is 2.35. The van der Waals surface area contributed by atoms with E-state index >= 15 is 0 Å². The summed E-state index contributed by atoms with van der Waals surface area (Å²) in [7, 11) is 0. The lowest BCUT2D eigenvalue weighted by Gasteiger charge is -2.16. The van der Waals surface area contributed by atoms with Crippen molar-refractivity contribution in [3.8, 4) is 5.75 Å². The summed E-state index contributed by atoms with van der Waals surface area (Å²) >= 11 is 0. The molecule has 0 aliphatic carbocycles. The lowest BCUT2D eigenvalue weighted by atomic mass is 10.1. The van der Waals surface area contributed by atoms with E-state index in [4.69, 9.17) is 4.74 Å². The van der Waals surface area contributed by atoms with Crippen LogP contribution in [0.15, 0.2) is 24.3 Å². The largest absolute Gasteiger partial charge is 0.492 e. The molecule has 1 aromatic carbocycles. The van der Waals surface area contributed by atoms with Crippen LogP contribution in [0, 0.1) is 0 Å². The second-order valence-electron chi connectivity index (χ2n) is 5.19.